The fourth-order valence-electron chi connectivity index (χ4n) is 2.20. The Morgan fingerprint density at radius 1 is 1.00 bits per heavy atom. The number of nitrogens with zero attached hydrogens (tertiary/aromatic N) is 1. The van der Waals surface area contributed by atoms with Gasteiger partial charge in [0.25, 0.3) is 5.91 Å². The van der Waals surface area contributed by atoms with Crippen LogP contribution in [0, 0.1) is 10.1 Å². The third-order valence-electron chi connectivity index (χ3n) is 3.44. The summed E-state index contributed by atoms with van der Waals surface area (Å²) in [5.41, 5.74) is 0.416. The van der Waals surface area contributed by atoms with E-state index in [4.69, 9.17) is 9.47 Å². The van der Waals surface area contributed by atoms with Crippen molar-refractivity contribution in [3.63, 3.8) is 0 Å². The molecule has 0 aliphatic heterocycles. The first-order valence-corrected chi connectivity index (χ1v) is 8.88. The monoisotopic (exact) mass is 398 g/mol. The SMILES string of the molecule is O=C(COC(=O)c1ccc([N+](=O)[O-])s1)Nc1ccccc1Oc1ccccc1. The van der Waals surface area contributed by atoms with Crippen LogP contribution in [0.1, 0.15) is 9.67 Å². The van der Waals surface area contributed by atoms with E-state index in [-0.39, 0.29) is 9.88 Å². The maximum absolute atomic E-state index is 12.1. The Bertz CT molecular complexity index is 1000. The molecule has 28 heavy (non-hydrogen) atoms. The molecule has 0 saturated carbocycles. The molecular weight excluding hydrogens is 384 g/mol. The van der Waals surface area contributed by atoms with E-state index in [1.807, 2.05) is 18.2 Å². The lowest BCUT2D eigenvalue weighted by atomic mass is 10.3. The zero-order chi connectivity index (χ0) is 19.9. The van der Waals surface area contributed by atoms with Crippen LogP contribution >= 0.6 is 11.3 Å². The van der Waals surface area contributed by atoms with E-state index in [1.165, 1.54) is 12.1 Å². The number of hydrogen-bond donors (Lipinski definition) is 1. The molecule has 142 valence electrons. The molecule has 1 amide bonds. The molecule has 0 saturated heterocycles. The van der Waals surface area contributed by atoms with Crippen LogP contribution in [0.5, 0.6) is 11.5 Å². The van der Waals surface area contributed by atoms with E-state index in [0.29, 0.717) is 28.5 Å². The second kappa shape index (κ2) is 8.78. The van der Waals surface area contributed by atoms with Gasteiger partial charge < -0.3 is 14.8 Å². The highest BCUT2D eigenvalue weighted by Gasteiger charge is 2.18. The van der Waals surface area contributed by atoms with Gasteiger partial charge in [0.05, 0.1) is 10.6 Å². The van der Waals surface area contributed by atoms with Crippen LogP contribution in [0.2, 0.25) is 0 Å². The van der Waals surface area contributed by atoms with E-state index in [2.05, 4.69) is 5.32 Å². The summed E-state index contributed by atoms with van der Waals surface area (Å²) >= 11 is 0.683. The third kappa shape index (κ3) is 4.92. The molecule has 1 aromatic heterocycles. The Morgan fingerprint density at radius 2 is 1.71 bits per heavy atom. The number of carbonyl (C=O) groups is 2. The molecular formula is C19H14N2O6S. The Kier molecular flexibility index (Phi) is 5.97. The van der Waals surface area contributed by atoms with Crippen molar-refractivity contribution in [2.24, 2.45) is 0 Å². The van der Waals surface area contributed by atoms with Gasteiger partial charge in [-0.25, -0.2) is 4.79 Å². The number of carbonyl (C=O) groups excluding carboxylic acids is 2. The van der Waals surface area contributed by atoms with Crippen LogP contribution in [0.25, 0.3) is 0 Å². The normalized spacial score (nSPS) is 10.1. The van der Waals surface area contributed by atoms with Crippen LogP contribution in [0.4, 0.5) is 10.7 Å². The fraction of sp³-hybridized carbons (Fsp3) is 0.0526. The van der Waals surface area contributed by atoms with Crippen molar-refractivity contribution in [3.8, 4) is 11.5 Å². The lowest BCUT2D eigenvalue weighted by Crippen LogP contribution is -2.20. The van der Waals surface area contributed by atoms with E-state index >= 15 is 0 Å². The van der Waals surface area contributed by atoms with E-state index < -0.39 is 23.4 Å². The van der Waals surface area contributed by atoms with Crippen LogP contribution in [0.15, 0.2) is 66.7 Å². The minimum Gasteiger partial charge on any atom is -0.455 e. The second-order valence-corrected chi connectivity index (χ2v) is 6.49. The number of amides is 1. The molecule has 1 heterocycles. The highest BCUT2D eigenvalue weighted by atomic mass is 32.1. The number of hydrogen-bond acceptors (Lipinski definition) is 7. The molecule has 1 N–H and O–H groups in total. The summed E-state index contributed by atoms with van der Waals surface area (Å²) in [6, 6.07) is 18.4. The van der Waals surface area contributed by atoms with Crippen molar-refractivity contribution in [1.29, 1.82) is 0 Å². The Morgan fingerprint density at radius 3 is 2.43 bits per heavy atom. The van der Waals surface area contributed by atoms with Gasteiger partial charge in [0.15, 0.2) is 12.4 Å². The number of thiophene rings is 1. The Labute approximate surface area is 163 Å². The topological polar surface area (TPSA) is 108 Å². The molecule has 0 aliphatic rings. The van der Waals surface area contributed by atoms with Gasteiger partial charge in [0, 0.05) is 6.07 Å². The molecule has 0 unspecified atom stereocenters. The largest absolute Gasteiger partial charge is 0.455 e. The number of rotatable bonds is 7. The third-order valence-corrected chi connectivity index (χ3v) is 4.46. The van der Waals surface area contributed by atoms with Gasteiger partial charge in [0.1, 0.15) is 10.6 Å². The molecule has 0 spiro atoms. The van der Waals surface area contributed by atoms with E-state index in [9.17, 15) is 19.7 Å². The maximum Gasteiger partial charge on any atom is 0.349 e. The molecule has 2 aromatic carbocycles. The number of nitrogens with one attached hydrogen (secondary N) is 1. The van der Waals surface area contributed by atoms with Crippen molar-refractivity contribution in [3.05, 3.63) is 81.7 Å². The second-order valence-electron chi connectivity index (χ2n) is 5.43. The van der Waals surface area contributed by atoms with Crippen molar-refractivity contribution < 1.29 is 24.0 Å². The van der Waals surface area contributed by atoms with Gasteiger partial charge in [-0.2, -0.15) is 0 Å². The standard InChI is InChI=1S/C19H14N2O6S/c22-17(12-26-19(23)16-10-11-18(28-16)21(24)25)20-14-8-4-5-9-15(14)27-13-6-2-1-3-7-13/h1-11H,12H2,(H,20,22). The van der Waals surface area contributed by atoms with Crippen LogP contribution in [0.3, 0.4) is 0 Å². The van der Waals surface area contributed by atoms with Gasteiger partial charge in [-0.3, -0.25) is 14.9 Å². The molecule has 0 atom stereocenters. The lowest BCUT2D eigenvalue weighted by Gasteiger charge is -2.12. The summed E-state index contributed by atoms with van der Waals surface area (Å²) in [6.45, 7) is -0.537. The first-order chi connectivity index (χ1) is 13.5. The van der Waals surface area contributed by atoms with Crippen LogP contribution in [-0.2, 0) is 9.53 Å². The molecule has 0 radical (unpaired) electrons. The number of esters is 1. The predicted molar refractivity (Wildman–Crippen MR) is 103 cm³/mol. The molecule has 3 rings (SSSR count). The fourth-order valence-corrected chi connectivity index (χ4v) is 2.91. The van der Waals surface area contributed by atoms with E-state index in [0.717, 1.165) is 0 Å². The minimum absolute atomic E-state index is 0.0484. The number of ether oxygens (including phenoxy) is 2. The summed E-state index contributed by atoms with van der Waals surface area (Å²) in [5, 5.41) is 13.1. The zero-order valence-electron chi connectivity index (χ0n) is 14.4. The van der Waals surface area contributed by atoms with Crippen molar-refractivity contribution >= 4 is 33.9 Å². The highest BCUT2D eigenvalue weighted by molar-refractivity contribution is 7.17. The lowest BCUT2D eigenvalue weighted by molar-refractivity contribution is -0.380. The van der Waals surface area contributed by atoms with Crippen LogP contribution < -0.4 is 10.1 Å². The van der Waals surface area contributed by atoms with E-state index in [1.54, 1.807) is 36.4 Å². The van der Waals surface area contributed by atoms with Gasteiger partial charge in [-0.05, 0) is 30.3 Å². The first-order valence-electron chi connectivity index (χ1n) is 8.06. The first kappa shape index (κ1) is 19.1. The Balaban J connectivity index is 1.59. The predicted octanol–water partition coefficient (Wildman–Crippen LogP) is 4.24. The molecule has 0 aliphatic carbocycles. The maximum atomic E-state index is 12.1. The Hall–Kier alpha value is -3.72. The zero-order valence-corrected chi connectivity index (χ0v) is 15.2. The van der Waals surface area contributed by atoms with Crippen molar-refractivity contribution in [1.82, 2.24) is 0 Å². The highest BCUT2D eigenvalue weighted by Crippen LogP contribution is 2.29. The molecule has 8 nitrogen and oxygen atoms in total. The number of para-hydroxylation sites is 3. The molecule has 9 heteroatoms. The summed E-state index contributed by atoms with van der Waals surface area (Å²) in [4.78, 5) is 34.1. The average Bonchev–Trinajstić information content (AvgIpc) is 3.19. The minimum atomic E-state index is -0.804. The van der Waals surface area contributed by atoms with Crippen molar-refractivity contribution in [2.45, 2.75) is 0 Å². The van der Waals surface area contributed by atoms with Gasteiger partial charge in [0.2, 0.25) is 0 Å². The number of anilines is 1. The number of nitro groups is 1. The van der Waals surface area contributed by atoms with Crippen molar-refractivity contribution in [2.75, 3.05) is 11.9 Å². The smallest absolute Gasteiger partial charge is 0.349 e. The van der Waals surface area contributed by atoms with Gasteiger partial charge in [-0.15, -0.1) is 0 Å². The molecule has 0 bridgehead atoms. The van der Waals surface area contributed by atoms with Gasteiger partial charge >= 0.3 is 11.0 Å². The summed E-state index contributed by atoms with van der Waals surface area (Å²) in [5.74, 6) is -0.331. The number of benzene rings is 2. The quantitative estimate of drug-likeness (QED) is 0.362. The summed E-state index contributed by atoms with van der Waals surface area (Å²) < 4.78 is 10.7. The molecule has 3 aromatic rings. The average molecular weight is 398 g/mol. The van der Waals surface area contributed by atoms with Gasteiger partial charge in [-0.1, -0.05) is 41.7 Å². The summed E-state index contributed by atoms with van der Waals surface area (Å²) in [6.07, 6.45) is 0. The van der Waals surface area contributed by atoms with Crippen LogP contribution in [-0.4, -0.2) is 23.4 Å². The molecule has 0 fully saturated rings. The summed E-state index contributed by atoms with van der Waals surface area (Å²) in [7, 11) is 0.